The van der Waals surface area contributed by atoms with E-state index in [1.807, 2.05) is 59.4 Å². The predicted octanol–water partition coefficient (Wildman–Crippen LogP) is 3.37. The van der Waals surface area contributed by atoms with Crippen LogP contribution in [-0.4, -0.2) is 21.0 Å². The van der Waals surface area contributed by atoms with Gasteiger partial charge in [-0.3, -0.25) is 9.20 Å². The van der Waals surface area contributed by atoms with Crippen molar-refractivity contribution in [2.24, 2.45) is 0 Å². The van der Waals surface area contributed by atoms with E-state index in [9.17, 15) is 4.79 Å². The zero-order valence-electron chi connectivity index (χ0n) is 11.5. The first-order chi connectivity index (χ1) is 10.2. The van der Waals surface area contributed by atoms with Crippen LogP contribution < -0.4 is 5.32 Å². The third kappa shape index (κ3) is 3.28. The van der Waals surface area contributed by atoms with Gasteiger partial charge in [0.1, 0.15) is 0 Å². The van der Waals surface area contributed by atoms with Gasteiger partial charge in [0.15, 0.2) is 5.16 Å². The van der Waals surface area contributed by atoms with Crippen LogP contribution in [0.2, 0.25) is 0 Å². The Hall–Kier alpha value is -1.79. The van der Waals surface area contributed by atoms with Gasteiger partial charge in [0.25, 0.3) is 0 Å². The summed E-state index contributed by atoms with van der Waals surface area (Å²) in [4.78, 5) is 17.5. The summed E-state index contributed by atoms with van der Waals surface area (Å²) in [6, 6.07) is 10.0. The molecule has 4 nitrogen and oxygen atoms in total. The van der Waals surface area contributed by atoms with Crippen LogP contribution in [0.5, 0.6) is 0 Å². The van der Waals surface area contributed by atoms with E-state index in [0.717, 1.165) is 10.7 Å². The Balaban J connectivity index is 1.58. The van der Waals surface area contributed by atoms with Crippen molar-refractivity contribution in [1.29, 1.82) is 0 Å². The fourth-order valence-corrected chi connectivity index (χ4v) is 3.56. The molecule has 1 atom stereocenters. The molecule has 0 saturated carbocycles. The van der Waals surface area contributed by atoms with Crippen LogP contribution in [0.25, 0.3) is 5.52 Å². The molecule has 0 aliphatic carbocycles. The highest BCUT2D eigenvalue weighted by molar-refractivity contribution is 7.99. The number of rotatable bonds is 5. The molecule has 0 radical (unpaired) electrons. The van der Waals surface area contributed by atoms with Crippen LogP contribution in [0.1, 0.15) is 17.8 Å². The lowest BCUT2D eigenvalue weighted by Gasteiger charge is -2.11. The first-order valence-corrected chi connectivity index (χ1v) is 8.48. The normalized spacial score (nSPS) is 12.4. The molecule has 6 heteroatoms. The summed E-state index contributed by atoms with van der Waals surface area (Å²) >= 11 is 3.10. The minimum absolute atomic E-state index is 0.0218. The number of thiophene rings is 1. The van der Waals surface area contributed by atoms with Crippen molar-refractivity contribution in [3.8, 4) is 0 Å². The summed E-state index contributed by atoms with van der Waals surface area (Å²) in [5, 5.41) is 5.86. The Bertz CT molecular complexity index is 736. The predicted molar refractivity (Wildman–Crippen MR) is 86.8 cm³/mol. The van der Waals surface area contributed by atoms with Crippen molar-refractivity contribution < 1.29 is 4.79 Å². The molecule has 21 heavy (non-hydrogen) atoms. The van der Waals surface area contributed by atoms with Crippen LogP contribution in [-0.2, 0) is 4.79 Å². The summed E-state index contributed by atoms with van der Waals surface area (Å²) in [5.74, 6) is 0.387. The van der Waals surface area contributed by atoms with E-state index in [2.05, 4.69) is 10.3 Å². The number of carbonyl (C=O) groups is 1. The number of fused-ring (bicyclic) bond motifs is 1. The molecule has 0 unspecified atom stereocenters. The van der Waals surface area contributed by atoms with Crippen molar-refractivity contribution in [2.75, 3.05) is 5.75 Å². The van der Waals surface area contributed by atoms with Gasteiger partial charge in [-0.25, -0.2) is 4.98 Å². The summed E-state index contributed by atoms with van der Waals surface area (Å²) in [6.45, 7) is 2.00. The summed E-state index contributed by atoms with van der Waals surface area (Å²) < 4.78 is 1.99. The third-order valence-electron chi connectivity index (χ3n) is 3.08. The van der Waals surface area contributed by atoms with Gasteiger partial charge in [0, 0.05) is 11.1 Å². The van der Waals surface area contributed by atoms with E-state index in [1.54, 1.807) is 11.3 Å². The first-order valence-electron chi connectivity index (χ1n) is 6.61. The van der Waals surface area contributed by atoms with Crippen molar-refractivity contribution in [3.05, 3.63) is 53.0 Å². The number of nitrogens with zero attached hydrogens (tertiary/aromatic N) is 2. The standard InChI is InChI=1S/C15H15N3OS2/c1-11(13-6-4-8-20-13)17-14(19)10-21-15-16-9-12-5-2-3-7-18(12)15/h2-9,11H,10H2,1H3,(H,17,19)/t11-/m1/s1. The highest BCUT2D eigenvalue weighted by Gasteiger charge is 2.12. The molecule has 0 bridgehead atoms. The second-order valence-corrected chi connectivity index (χ2v) is 6.55. The Morgan fingerprint density at radius 3 is 3.14 bits per heavy atom. The van der Waals surface area contributed by atoms with Crippen LogP contribution in [0.4, 0.5) is 0 Å². The number of pyridine rings is 1. The summed E-state index contributed by atoms with van der Waals surface area (Å²) in [7, 11) is 0. The van der Waals surface area contributed by atoms with Gasteiger partial charge >= 0.3 is 0 Å². The number of aromatic nitrogens is 2. The number of carbonyl (C=O) groups excluding carboxylic acids is 1. The largest absolute Gasteiger partial charge is 0.348 e. The lowest BCUT2D eigenvalue weighted by atomic mass is 10.3. The van der Waals surface area contributed by atoms with Gasteiger partial charge in [-0.2, -0.15) is 0 Å². The average Bonchev–Trinajstić information content (AvgIpc) is 3.15. The molecule has 108 valence electrons. The second kappa shape index (κ2) is 6.32. The number of thioether (sulfide) groups is 1. The quantitative estimate of drug-likeness (QED) is 0.734. The van der Waals surface area contributed by atoms with E-state index in [-0.39, 0.29) is 11.9 Å². The molecular formula is C15H15N3OS2. The van der Waals surface area contributed by atoms with Crippen LogP contribution in [0.15, 0.2) is 53.3 Å². The van der Waals surface area contributed by atoms with Gasteiger partial charge in [0.05, 0.1) is 23.5 Å². The van der Waals surface area contributed by atoms with E-state index < -0.39 is 0 Å². The van der Waals surface area contributed by atoms with Crippen molar-refractivity contribution in [2.45, 2.75) is 18.1 Å². The number of hydrogen-bond acceptors (Lipinski definition) is 4. The monoisotopic (exact) mass is 317 g/mol. The van der Waals surface area contributed by atoms with E-state index >= 15 is 0 Å². The van der Waals surface area contributed by atoms with Gasteiger partial charge in [-0.05, 0) is 30.5 Å². The first kappa shape index (κ1) is 14.2. The van der Waals surface area contributed by atoms with E-state index in [0.29, 0.717) is 5.75 Å². The molecule has 3 rings (SSSR count). The molecule has 3 heterocycles. The molecule has 0 aliphatic heterocycles. The number of amides is 1. The van der Waals surface area contributed by atoms with Gasteiger partial charge < -0.3 is 5.32 Å². The molecule has 1 amide bonds. The zero-order valence-corrected chi connectivity index (χ0v) is 13.2. The Kier molecular flexibility index (Phi) is 4.26. The topological polar surface area (TPSA) is 46.4 Å². The minimum atomic E-state index is 0.0218. The van der Waals surface area contributed by atoms with Crippen LogP contribution >= 0.6 is 23.1 Å². The second-order valence-electron chi connectivity index (χ2n) is 4.63. The average molecular weight is 317 g/mol. The molecule has 0 aromatic carbocycles. The molecule has 0 saturated heterocycles. The maximum Gasteiger partial charge on any atom is 0.230 e. The smallest absolute Gasteiger partial charge is 0.230 e. The van der Waals surface area contributed by atoms with Crippen molar-refractivity contribution in [1.82, 2.24) is 14.7 Å². The molecule has 0 fully saturated rings. The fourth-order valence-electron chi connectivity index (χ4n) is 2.05. The van der Waals surface area contributed by atoms with E-state index in [4.69, 9.17) is 0 Å². The fraction of sp³-hybridized carbons (Fsp3) is 0.200. The number of nitrogens with one attached hydrogen (secondary N) is 1. The van der Waals surface area contributed by atoms with Crippen molar-refractivity contribution >= 4 is 34.5 Å². The molecule has 0 spiro atoms. The lowest BCUT2D eigenvalue weighted by molar-refractivity contribution is -0.119. The van der Waals surface area contributed by atoms with Gasteiger partial charge in [-0.1, -0.05) is 23.9 Å². The van der Waals surface area contributed by atoms with Crippen LogP contribution in [0, 0.1) is 0 Å². The molecular weight excluding hydrogens is 302 g/mol. The lowest BCUT2D eigenvalue weighted by Crippen LogP contribution is -2.27. The maximum atomic E-state index is 12.0. The molecule has 3 aromatic rings. The van der Waals surface area contributed by atoms with Gasteiger partial charge in [0.2, 0.25) is 5.91 Å². The highest BCUT2D eigenvalue weighted by atomic mass is 32.2. The Morgan fingerprint density at radius 2 is 2.33 bits per heavy atom. The Labute approximate surface area is 131 Å². The summed E-state index contributed by atoms with van der Waals surface area (Å²) in [6.07, 6.45) is 3.77. The van der Waals surface area contributed by atoms with E-state index in [1.165, 1.54) is 16.6 Å². The number of imidazole rings is 1. The molecule has 3 aromatic heterocycles. The SMILES string of the molecule is C[C@@H](NC(=O)CSc1ncc2ccccn12)c1cccs1. The zero-order chi connectivity index (χ0) is 14.7. The third-order valence-corrected chi connectivity index (χ3v) is 5.11. The van der Waals surface area contributed by atoms with Crippen molar-refractivity contribution in [3.63, 3.8) is 0 Å². The highest BCUT2D eigenvalue weighted by Crippen LogP contribution is 2.20. The molecule has 1 N–H and O–H groups in total. The minimum Gasteiger partial charge on any atom is -0.348 e. The van der Waals surface area contributed by atoms with Gasteiger partial charge in [-0.15, -0.1) is 11.3 Å². The summed E-state index contributed by atoms with van der Waals surface area (Å²) in [5.41, 5.74) is 1.03. The number of hydrogen-bond donors (Lipinski definition) is 1. The Morgan fingerprint density at radius 1 is 1.43 bits per heavy atom. The van der Waals surface area contributed by atoms with Crippen LogP contribution in [0.3, 0.4) is 0 Å². The molecule has 0 aliphatic rings. The maximum absolute atomic E-state index is 12.0.